The Balaban J connectivity index is 2.10. The normalized spacial score (nSPS) is 11.7. The van der Waals surface area contributed by atoms with Gasteiger partial charge in [-0.15, -0.1) is 11.8 Å². The lowest BCUT2D eigenvalue weighted by atomic mass is 10.1. The number of rotatable bonds is 9. The van der Waals surface area contributed by atoms with Crippen LogP contribution in [0.1, 0.15) is 30.0 Å². The highest BCUT2D eigenvalue weighted by molar-refractivity contribution is 7.99. The molecule has 0 aliphatic rings. The number of carbonyl (C=O) groups excluding carboxylic acids is 2. The van der Waals surface area contributed by atoms with Crippen molar-refractivity contribution in [3.05, 3.63) is 70.2 Å². The quantitative estimate of drug-likeness (QED) is 0.655. The highest BCUT2D eigenvalue weighted by Gasteiger charge is 2.27. The van der Waals surface area contributed by atoms with E-state index in [1.165, 1.54) is 11.1 Å². The molecule has 4 nitrogen and oxygen atoms in total. The van der Waals surface area contributed by atoms with Gasteiger partial charge in [0.15, 0.2) is 0 Å². The van der Waals surface area contributed by atoms with Crippen LogP contribution < -0.4 is 5.32 Å². The van der Waals surface area contributed by atoms with Crippen LogP contribution in [0, 0.1) is 6.92 Å². The summed E-state index contributed by atoms with van der Waals surface area (Å²) >= 11 is 7.54. The fourth-order valence-electron chi connectivity index (χ4n) is 2.98. The van der Waals surface area contributed by atoms with Crippen molar-refractivity contribution in [2.45, 2.75) is 38.6 Å². The Morgan fingerprint density at radius 1 is 1.14 bits per heavy atom. The zero-order valence-electron chi connectivity index (χ0n) is 16.6. The lowest BCUT2D eigenvalue weighted by Crippen LogP contribution is -2.48. The number of hydrogen-bond acceptors (Lipinski definition) is 3. The highest BCUT2D eigenvalue weighted by Crippen LogP contribution is 2.19. The molecule has 2 amide bonds. The summed E-state index contributed by atoms with van der Waals surface area (Å²) in [5, 5.41) is 3.32. The van der Waals surface area contributed by atoms with E-state index < -0.39 is 6.04 Å². The summed E-state index contributed by atoms with van der Waals surface area (Å²) in [6, 6.07) is 15.1. The van der Waals surface area contributed by atoms with Crippen LogP contribution in [0.5, 0.6) is 0 Å². The Morgan fingerprint density at radius 2 is 1.82 bits per heavy atom. The van der Waals surface area contributed by atoms with Gasteiger partial charge < -0.3 is 10.2 Å². The number of carbonyl (C=O) groups is 2. The number of nitrogens with one attached hydrogen (secondary N) is 1. The minimum absolute atomic E-state index is 0.0380. The van der Waals surface area contributed by atoms with E-state index in [-0.39, 0.29) is 11.8 Å². The molecule has 0 aliphatic heterocycles. The molecule has 1 atom stereocenters. The third-order valence-electron chi connectivity index (χ3n) is 4.64. The zero-order chi connectivity index (χ0) is 20.5. The maximum atomic E-state index is 13.0. The molecule has 0 aromatic heterocycles. The molecule has 0 radical (unpaired) electrons. The van der Waals surface area contributed by atoms with Crippen LogP contribution >= 0.6 is 23.4 Å². The third-order valence-corrected chi connectivity index (χ3v) is 5.86. The first-order chi connectivity index (χ1) is 13.5. The van der Waals surface area contributed by atoms with Crippen LogP contribution in [-0.2, 0) is 21.9 Å². The minimum Gasteiger partial charge on any atom is -0.357 e. The summed E-state index contributed by atoms with van der Waals surface area (Å²) in [5.41, 5.74) is 3.39. The Bertz CT molecular complexity index is 795. The first kappa shape index (κ1) is 22.3. The van der Waals surface area contributed by atoms with Crippen molar-refractivity contribution < 1.29 is 9.59 Å². The second-order valence-corrected chi connectivity index (χ2v) is 8.03. The monoisotopic (exact) mass is 418 g/mol. The van der Waals surface area contributed by atoms with Gasteiger partial charge >= 0.3 is 0 Å². The molecule has 6 heteroatoms. The molecule has 0 aliphatic carbocycles. The van der Waals surface area contributed by atoms with E-state index in [4.69, 9.17) is 11.6 Å². The number of aryl methyl sites for hydroxylation is 1. The molecule has 150 valence electrons. The number of halogens is 1. The second-order valence-electron chi connectivity index (χ2n) is 6.61. The molecule has 1 unspecified atom stereocenters. The molecule has 0 heterocycles. The largest absolute Gasteiger partial charge is 0.357 e. The summed E-state index contributed by atoms with van der Waals surface area (Å²) in [4.78, 5) is 27.0. The molecule has 28 heavy (non-hydrogen) atoms. The summed E-state index contributed by atoms with van der Waals surface area (Å²) in [6.07, 6.45) is 0.557. The van der Waals surface area contributed by atoms with Crippen molar-refractivity contribution in [1.82, 2.24) is 10.2 Å². The average Bonchev–Trinajstić information content (AvgIpc) is 2.70. The van der Waals surface area contributed by atoms with Gasteiger partial charge in [-0.1, -0.05) is 54.9 Å². The molecular formula is C22H27ClN2O2S. The summed E-state index contributed by atoms with van der Waals surface area (Å²) in [7, 11) is 1.60. The number of hydrogen-bond donors (Lipinski definition) is 1. The van der Waals surface area contributed by atoms with Gasteiger partial charge in [0.1, 0.15) is 6.04 Å². The molecule has 0 saturated heterocycles. The maximum absolute atomic E-state index is 13.0. The van der Waals surface area contributed by atoms with Gasteiger partial charge in [0.05, 0.1) is 5.75 Å². The lowest BCUT2D eigenvalue weighted by Gasteiger charge is -2.30. The number of likely N-dealkylation sites (N-methyl/N-ethyl adjacent to an activating group) is 1. The number of benzene rings is 2. The first-order valence-corrected chi connectivity index (χ1v) is 10.9. The predicted molar refractivity (Wildman–Crippen MR) is 117 cm³/mol. The average molecular weight is 419 g/mol. The fourth-order valence-corrected chi connectivity index (χ4v) is 4.09. The van der Waals surface area contributed by atoms with Gasteiger partial charge in [0, 0.05) is 24.4 Å². The summed E-state index contributed by atoms with van der Waals surface area (Å²) < 4.78 is 0. The zero-order valence-corrected chi connectivity index (χ0v) is 18.1. The van der Waals surface area contributed by atoms with Crippen molar-refractivity contribution in [3.63, 3.8) is 0 Å². The minimum atomic E-state index is -0.493. The van der Waals surface area contributed by atoms with Gasteiger partial charge in [0.25, 0.3) is 0 Å². The lowest BCUT2D eigenvalue weighted by molar-refractivity contribution is -0.139. The van der Waals surface area contributed by atoms with Crippen molar-refractivity contribution >= 4 is 35.2 Å². The Kier molecular flexibility index (Phi) is 8.87. The van der Waals surface area contributed by atoms with Crippen LogP contribution in [-0.4, -0.2) is 35.6 Å². The highest BCUT2D eigenvalue weighted by atomic mass is 35.5. The first-order valence-electron chi connectivity index (χ1n) is 9.34. The summed E-state index contributed by atoms with van der Waals surface area (Å²) in [6.45, 7) is 4.37. The number of nitrogens with zero attached hydrogens (tertiary/aromatic N) is 1. The van der Waals surface area contributed by atoms with Crippen LogP contribution in [0.4, 0.5) is 0 Å². The van der Waals surface area contributed by atoms with Crippen LogP contribution in [0.15, 0.2) is 48.5 Å². The van der Waals surface area contributed by atoms with Crippen LogP contribution in [0.3, 0.4) is 0 Å². The topological polar surface area (TPSA) is 49.4 Å². The summed E-state index contributed by atoms with van der Waals surface area (Å²) in [5.74, 6) is 0.914. The van der Waals surface area contributed by atoms with Crippen molar-refractivity contribution in [3.8, 4) is 0 Å². The van der Waals surface area contributed by atoms with Crippen molar-refractivity contribution in [2.24, 2.45) is 0 Å². The van der Waals surface area contributed by atoms with Gasteiger partial charge in [-0.2, -0.15) is 0 Å². The molecule has 2 aromatic rings. The van der Waals surface area contributed by atoms with E-state index in [9.17, 15) is 9.59 Å². The molecule has 0 fully saturated rings. The molecule has 2 rings (SSSR count). The standard InChI is InChI=1S/C22H27ClN2O2S/c1-4-20(22(27)24-3)25(13-17-9-11-19(23)12-10-17)21(26)15-28-14-18-8-6-5-7-16(18)2/h5-12,20H,4,13-15H2,1-3H3,(H,24,27). The van der Waals surface area contributed by atoms with E-state index >= 15 is 0 Å². The fraction of sp³-hybridized carbons (Fsp3) is 0.364. The maximum Gasteiger partial charge on any atom is 0.242 e. The Labute approximate surface area is 176 Å². The second kappa shape index (κ2) is 11.1. The molecule has 0 saturated carbocycles. The van der Waals surface area contributed by atoms with Crippen molar-refractivity contribution in [2.75, 3.05) is 12.8 Å². The molecule has 1 N–H and O–H groups in total. The smallest absolute Gasteiger partial charge is 0.242 e. The van der Waals surface area contributed by atoms with Gasteiger partial charge in [-0.25, -0.2) is 0 Å². The third kappa shape index (κ3) is 6.28. The SMILES string of the molecule is CCC(C(=O)NC)N(Cc1ccc(Cl)cc1)C(=O)CSCc1ccccc1C. The molecule has 0 spiro atoms. The Morgan fingerprint density at radius 3 is 2.43 bits per heavy atom. The van der Waals surface area contributed by atoms with E-state index in [0.29, 0.717) is 23.7 Å². The van der Waals surface area contributed by atoms with Gasteiger partial charge in [0.2, 0.25) is 11.8 Å². The predicted octanol–water partition coefficient (Wildman–Crippen LogP) is 4.44. The Hall–Kier alpha value is -1.98. The van der Waals surface area contributed by atoms with Crippen molar-refractivity contribution in [1.29, 1.82) is 0 Å². The molecule has 2 aromatic carbocycles. The van der Waals surface area contributed by atoms with E-state index in [1.807, 2.05) is 31.2 Å². The van der Waals surface area contributed by atoms with E-state index in [1.54, 1.807) is 35.8 Å². The molecular weight excluding hydrogens is 392 g/mol. The van der Waals surface area contributed by atoms with Crippen LogP contribution in [0.2, 0.25) is 5.02 Å². The van der Waals surface area contributed by atoms with Crippen LogP contribution in [0.25, 0.3) is 0 Å². The molecule has 0 bridgehead atoms. The number of amides is 2. The van der Waals surface area contributed by atoms with E-state index in [0.717, 1.165) is 11.3 Å². The van der Waals surface area contributed by atoms with Gasteiger partial charge in [-0.3, -0.25) is 9.59 Å². The van der Waals surface area contributed by atoms with Gasteiger partial charge in [-0.05, 0) is 42.2 Å². The number of thioether (sulfide) groups is 1. The van der Waals surface area contributed by atoms with E-state index in [2.05, 4.69) is 24.4 Å².